The second-order valence-corrected chi connectivity index (χ2v) is 12.0. The van der Waals surface area contributed by atoms with E-state index >= 15 is 0 Å². The molecule has 0 aliphatic carbocycles. The highest BCUT2D eigenvalue weighted by Crippen LogP contribution is 2.33. The summed E-state index contributed by atoms with van der Waals surface area (Å²) in [5, 5.41) is 5.32. The third-order valence-electron chi connectivity index (χ3n) is 9.02. The van der Waals surface area contributed by atoms with Crippen LogP contribution in [0.5, 0.6) is 5.75 Å². The summed E-state index contributed by atoms with van der Waals surface area (Å²) in [6.45, 7) is 4.14. The number of methoxy groups -OCH3 is 1. The highest BCUT2D eigenvalue weighted by atomic mass is 19.1. The van der Waals surface area contributed by atoms with Crippen LogP contribution < -0.4 is 10.1 Å². The summed E-state index contributed by atoms with van der Waals surface area (Å²) in [4.78, 5) is 36.9. The topological polar surface area (TPSA) is 93.5 Å². The van der Waals surface area contributed by atoms with Gasteiger partial charge in [-0.1, -0.05) is 36.4 Å². The average Bonchev–Trinajstić information content (AvgIpc) is 3.65. The molecule has 2 aromatic heterocycles. The van der Waals surface area contributed by atoms with Crippen LogP contribution in [0.2, 0.25) is 0 Å². The lowest BCUT2D eigenvalue weighted by Gasteiger charge is -2.32. The number of hydrogen-bond acceptors (Lipinski definition) is 4. The van der Waals surface area contributed by atoms with Gasteiger partial charge >= 0.3 is 0 Å². The third kappa shape index (κ3) is 7.04. The molecule has 1 aliphatic heterocycles. The lowest BCUT2D eigenvalue weighted by Crippen LogP contribution is -2.49. The van der Waals surface area contributed by atoms with Crippen LogP contribution in [0.15, 0.2) is 79.1 Å². The minimum atomic E-state index is -0.297. The Morgan fingerprint density at radius 3 is 2.51 bits per heavy atom. The Hall–Kier alpha value is -4.63. The van der Waals surface area contributed by atoms with E-state index in [2.05, 4.69) is 26.3 Å². The summed E-state index contributed by atoms with van der Waals surface area (Å²) < 4.78 is 19.5. The van der Waals surface area contributed by atoms with E-state index < -0.39 is 0 Å². The number of aromatic nitrogens is 2. The highest BCUT2D eigenvalue weighted by molar-refractivity contribution is 5.84. The van der Waals surface area contributed by atoms with Crippen LogP contribution in [-0.2, 0) is 22.6 Å². The van der Waals surface area contributed by atoms with Gasteiger partial charge in [-0.2, -0.15) is 0 Å². The molecule has 5 aromatic rings. The van der Waals surface area contributed by atoms with Gasteiger partial charge in [-0.15, -0.1) is 0 Å². The lowest BCUT2D eigenvalue weighted by atomic mass is 9.89. The van der Waals surface area contributed by atoms with Crippen molar-refractivity contribution in [2.75, 3.05) is 33.3 Å². The molecule has 6 rings (SSSR count). The van der Waals surface area contributed by atoms with Crippen molar-refractivity contribution < 1.29 is 18.7 Å². The fourth-order valence-electron chi connectivity index (χ4n) is 6.67. The van der Waals surface area contributed by atoms with E-state index in [1.54, 1.807) is 31.1 Å². The number of fused-ring (bicyclic) bond motifs is 2. The first-order valence-corrected chi connectivity index (χ1v) is 15.6. The van der Waals surface area contributed by atoms with E-state index in [9.17, 15) is 14.0 Å². The number of H-pyrrole nitrogens is 2. The van der Waals surface area contributed by atoms with Crippen LogP contribution >= 0.6 is 0 Å². The minimum absolute atomic E-state index is 0.0618. The lowest BCUT2D eigenvalue weighted by molar-refractivity contribution is -0.131. The second kappa shape index (κ2) is 13.6. The maximum Gasteiger partial charge on any atom is 0.234 e. The quantitative estimate of drug-likeness (QED) is 0.178. The molecule has 234 valence electrons. The maximum absolute atomic E-state index is 13.9. The van der Waals surface area contributed by atoms with Crippen LogP contribution in [-0.4, -0.2) is 70.9 Å². The maximum atomic E-state index is 13.9. The van der Waals surface area contributed by atoms with Crippen LogP contribution in [0, 0.1) is 5.82 Å². The molecule has 1 fully saturated rings. The molecule has 1 atom stereocenters. The molecule has 8 nitrogen and oxygen atoms in total. The monoisotopic (exact) mass is 609 g/mol. The van der Waals surface area contributed by atoms with E-state index in [4.69, 9.17) is 4.74 Å². The van der Waals surface area contributed by atoms with Crippen molar-refractivity contribution in [3.05, 3.63) is 102 Å². The highest BCUT2D eigenvalue weighted by Gasteiger charge is 2.26. The van der Waals surface area contributed by atoms with Gasteiger partial charge in [0.05, 0.1) is 19.7 Å². The molecule has 0 spiro atoms. The molecule has 0 bridgehead atoms. The number of amides is 2. The zero-order valence-electron chi connectivity index (χ0n) is 25.8. The Labute approximate surface area is 262 Å². The number of para-hydroxylation sites is 2. The number of likely N-dealkylation sites (tertiary alicyclic amines) is 1. The van der Waals surface area contributed by atoms with Crippen molar-refractivity contribution in [1.29, 1.82) is 0 Å². The first-order chi connectivity index (χ1) is 21.9. The van der Waals surface area contributed by atoms with Gasteiger partial charge in [0.25, 0.3) is 0 Å². The van der Waals surface area contributed by atoms with Gasteiger partial charge in [0, 0.05) is 59.8 Å². The molecule has 9 heteroatoms. The smallest absolute Gasteiger partial charge is 0.234 e. The van der Waals surface area contributed by atoms with Crippen molar-refractivity contribution >= 4 is 33.6 Å². The normalized spacial score (nSPS) is 14.9. The molecule has 45 heavy (non-hydrogen) atoms. The number of halogens is 1. The Morgan fingerprint density at radius 1 is 0.978 bits per heavy atom. The molecular formula is C36H40FN5O3. The number of nitrogens with zero attached hydrogens (tertiary/aromatic N) is 2. The van der Waals surface area contributed by atoms with Gasteiger partial charge in [-0.25, -0.2) is 4.39 Å². The fourth-order valence-corrected chi connectivity index (χ4v) is 6.67. The van der Waals surface area contributed by atoms with E-state index in [0.717, 1.165) is 70.2 Å². The number of nitrogens with one attached hydrogen (secondary N) is 3. The fraction of sp³-hybridized carbons (Fsp3) is 0.333. The number of aromatic amines is 2. The van der Waals surface area contributed by atoms with Gasteiger partial charge in [0.15, 0.2) is 0 Å². The van der Waals surface area contributed by atoms with E-state index in [-0.39, 0.29) is 30.2 Å². The summed E-state index contributed by atoms with van der Waals surface area (Å²) in [6.07, 6.45) is 6.35. The summed E-state index contributed by atoms with van der Waals surface area (Å²) in [5.74, 6) is 0.674. The summed E-state index contributed by atoms with van der Waals surface area (Å²) in [5.41, 5.74) is 5.13. The van der Waals surface area contributed by atoms with Crippen molar-refractivity contribution in [1.82, 2.24) is 25.1 Å². The van der Waals surface area contributed by atoms with Crippen LogP contribution in [0.3, 0.4) is 0 Å². The Bertz CT molecular complexity index is 1790. The van der Waals surface area contributed by atoms with E-state index in [1.165, 1.54) is 6.07 Å². The molecule has 0 saturated carbocycles. The first kappa shape index (κ1) is 30.4. The molecule has 3 N–H and O–H groups in total. The van der Waals surface area contributed by atoms with Gasteiger partial charge in [-0.05, 0) is 79.7 Å². The van der Waals surface area contributed by atoms with Crippen molar-refractivity contribution in [2.24, 2.45) is 0 Å². The number of rotatable bonds is 11. The zero-order chi connectivity index (χ0) is 31.3. The number of hydrogen-bond donors (Lipinski definition) is 3. The summed E-state index contributed by atoms with van der Waals surface area (Å²) in [6, 6.07) is 20.4. The summed E-state index contributed by atoms with van der Waals surface area (Å²) in [7, 11) is 1.63. The van der Waals surface area contributed by atoms with E-state index in [0.29, 0.717) is 25.4 Å². The Kier molecular flexibility index (Phi) is 9.16. The van der Waals surface area contributed by atoms with Crippen molar-refractivity contribution in [3.8, 4) is 5.75 Å². The van der Waals surface area contributed by atoms with Crippen LogP contribution in [0.4, 0.5) is 4.39 Å². The first-order valence-electron chi connectivity index (χ1n) is 15.6. The Morgan fingerprint density at radius 2 is 1.71 bits per heavy atom. The standard InChI is InChI=1S/C36H40FN5O3/c1-24(43)42(21-26-7-3-6-10-35(26)45-2)22-29(17-27-19-38-33-9-5-4-8-30(27)33)40-36(44)23-41-15-13-25(14-16-41)32-20-39-34-12-11-28(37)18-31(32)34/h3-12,18-20,25,29,38-39H,13-17,21-23H2,1-2H3,(H,40,44). The predicted octanol–water partition coefficient (Wildman–Crippen LogP) is 5.75. The number of carbonyl (C=O) groups is 2. The molecule has 0 radical (unpaired) electrons. The van der Waals surface area contributed by atoms with Gasteiger partial charge in [-0.3, -0.25) is 14.5 Å². The van der Waals surface area contributed by atoms with Crippen LogP contribution in [0.1, 0.15) is 42.4 Å². The SMILES string of the molecule is COc1ccccc1CN(CC(Cc1c[nH]c2ccccc12)NC(=O)CN1CCC(c2c[nH]c3ccc(F)cc23)CC1)C(C)=O. The van der Waals surface area contributed by atoms with Gasteiger partial charge < -0.3 is 24.9 Å². The van der Waals surface area contributed by atoms with E-state index in [1.807, 2.05) is 54.9 Å². The molecule has 1 saturated heterocycles. The average molecular weight is 610 g/mol. The molecule has 1 aliphatic rings. The Balaban J connectivity index is 1.13. The van der Waals surface area contributed by atoms with Gasteiger partial charge in [0.2, 0.25) is 11.8 Å². The number of carbonyl (C=O) groups excluding carboxylic acids is 2. The molecule has 1 unspecified atom stereocenters. The predicted molar refractivity (Wildman–Crippen MR) is 175 cm³/mol. The number of piperidine rings is 1. The largest absolute Gasteiger partial charge is 0.496 e. The molecular weight excluding hydrogens is 569 g/mol. The van der Waals surface area contributed by atoms with Crippen molar-refractivity contribution in [3.63, 3.8) is 0 Å². The second-order valence-electron chi connectivity index (χ2n) is 12.0. The molecule has 2 amide bonds. The van der Waals surface area contributed by atoms with Crippen LogP contribution in [0.25, 0.3) is 21.8 Å². The minimum Gasteiger partial charge on any atom is -0.496 e. The number of benzene rings is 3. The molecule has 3 aromatic carbocycles. The number of ether oxygens (including phenoxy) is 1. The molecule has 3 heterocycles. The zero-order valence-corrected chi connectivity index (χ0v) is 25.8. The van der Waals surface area contributed by atoms with Crippen molar-refractivity contribution in [2.45, 2.75) is 44.7 Å². The van der Waals surface area contributed by atoms with Gasteiger partial charge in [0.1, 0.15) is 11.6 Å². The third-order valence-corrected chi connectivity index (χ3v) is 9.02. The summed E-state index contributed by atoms with van der Waals surface area (Å²) >= 11 is 0.